The fraction of sp³-hybridized carbons (Fsp3) is 0.594. The fourth-order valence-electron chi connectivity index (χ4n) is 14.2. The number of fused-ring (bicyclic) bond motifs is 2. The molecule has 4 aromatic rings. The normalized spacial score (nSPS) is 22.7. The van der Waals surface area contributed by atoms with Crippen molar-refractivity contribution in [1.29, 1.82) is 5.26 Å². The number of likely N-dealkylation sites (N-methyl/N-ethyl adjacent to an activating group) is 2. The molecule has 2 amide bonds. The zero-order chi connectivity index (χ0) is 66.2. The summed E-state index contributed by atoms with van der Waals surface area (Å²) < 4.78 is 82.3. The Hall–Kier alpha value is -5.48. The molecule has 0 radical (unpaired) electrons. The van der Waals surface area contributed by atoms with Crippen LogP contribution in [0.25, 0.3) is 4.85 Å². The predicted molar refractivity (Wildman–Crippen MR) is 363 cm³/mol. The number of sulfone groups is 1. The smallest absolute Gasteiger partial charge is 0.314 e. The van der Waals surface area contributed by atoms with Gasteiger partial charge in [0.05, 0.1) is 65.7 Å². The molecule has 3 N–H and O–H groups in total. The SMILES string of the molecule is [C-]#[N+]c1cc(Cl)cc2c1C[C@H](N1CCCN(C)CC1)[C@H]2Oc1ccc(S(=O)(=O)C[C@@H]2CCN(CCOCCNC(=O)NCCCCCC(=O)CCCOCCN3CC[C@@H](NS(=O)(=O)c4ccc(O[C@H]5c6cc(Cl)cc(C#N)c6C[C@@H]5N5CCCN(C)CC5)cc4)C3)C2)cc1. The number of rotatable bonds is 31. The van der Waals surface area contributed by atoms with Gasteiger partial charge in [0.1, 0.15) is 29.5 Å². The summed E-state index contributed by atoms with van der Waals surface area (Å²) in [4.78, 5) is 43.2. The van der Waals surface area contributed by atoms with E-state index in [0.29, 0.717) is 137 Å². The van der Waals surface area contributed by atoms with Crippen molar-refractivity contribution < 1.29 is 45.4 Å². The van der Waals surface area contributed by atoms with E-state index in [1.165, 1.54) is 0 Å². The Morgan fingerprint density at radius 3 is 1.86 bits per heavy atom. The van der Waals surface area contributed by atoms with Gasteiger partial charge in [0.25, 0.3) is 0 Å². The highest BCUT2D eigenvalue weighted by Gasteiger charge is 2.42. The van der Waals surface area contributed by atoms with Crippen LogP contribution in [0, 0.1) is 23.8 Å². The van der Waals surface area contributed by atoms with Crippen molar-refractivity contribution in [2.75, 3.05) is 151 Å². The predicted octanol–water partition coefficient (Wildman–Crippen LogP) is 8.17. The van der Waals surface area contributed by atoms with Crippen molar-refractivity contribution >= 4 is 60.6 Å². The summed E-state index contributed by atoms with van der Waals surface area (Å²) in [6, 6.07) is 22.4. The van der Waals surface area contributed by atoms with Crippen LogP contribution in [0.4, 0.5) is 10.5 Å². The maximum atomic E-state index is 13.7. The molecule has 0 spiro atoms. The second-order valence-electron chi connectivity index (χ2n) is 26.2. The number of ketones is 1. The van der Waals surface area contributed by atoms with Crippen LogP contribution in [-0.4, -0.2) is 227 Å². The van der Waals surface area contributed by atoms with Gasteiger partial charge in [-0.05, 0) is 212 Å². The maximum Gasteiger partial charge on any atom is 0.314 e. The Bertz CT molecular complexity index is 3300. The number of benzene rings is 4. The van der Waals surface area contributed by atoms with E-state index in [-0.39, 0.29) is 63.6 Å². The second-order valence-corrected chi connectivity index (χ2v) is 30.8. The standard InChI is InChI=1S/C69H93Cl2N11O10S2/c1-73-64-43-53(71)42-63-61(64)45-66(82-27-9-25-78(3)31-33-82)68(63)92-56-12-16-58(17-13-56)93(85,86)49-50-20-28-79(47-50)34-39-90-37-23-75-69(84)74-22-6-4-5-10-55(83)11-7-36-89-38-35-80-29-21-54(48-80)76-94(87,88)59-18-14-57(15-19-59)91-67-62-41-52(70)40-51(46-72)60(62)44-65(67)81-26-8-24-77(2)30-32-81/h12-19,40-43,50,54,65-68,76H,4-11,20-39,44-45,47-49H2,2-3H3,(H2,74,75,84)/t50-,54-,65+,66+,67+,68+/m1/s1. The van der Waals surface area contributed by atoms with E-state index in [2.05, 4.69) is 69.8 Å². The summed E-state index contributed by atoms with van der Waals surface area (Å²) >= 11 is 13.0. The minimum absolute atomic E-state index is 0.00114. The zero-order valence-electron chi connectivity index (χ0n) is 54.5. The molecule has 4 fully saturated rings. The van der Waals surface area contributed by atoms with Gasteiger partial charge >= 0.3 is 6.03 Å². The summed E-state index contributed by atoms with van der Waals surface area (Å²) in [5.41, 5.74) is 4.87. The van der Waals surface area contributed by atoms with Crippen molar-refractivity contribution in [2.24, 2.45) is 5.92 Å². The van der Waals surface area contributed by atoms with Crippen LogP contribution < -0.4 is 24.8 Å². The number of ether oxygens (including phenoxy) is 4. The number of sulfonamides is 1. The molecule has 6 atom stereocenters. The topological polar surface area (TPSA) is 223 Å². The summed E-state index contributed by atoms with van der Waals surface area (Å²) in [5.74, 6) is 1.36. The Balaban J connectivity index is 0.528. The van der Waals surface area contributed by atoms with E-state index in [1.54, 1.807) is 60.7 Å². The lowest BCUT2D eigenvalue weighted by atomic mass is 10.0. The highest BCUT2D eigenvalue weighted by atomic mass is 35.5. The molecule has 4 aliphatic heterocycles. The first-order chi connectivity index (χ1) is 45.4. The third-order valence-corrected chi connectivity index (χ3v) is 23.2. The van der Waals surface area contributed by atoms with Crippen LogP contribution >= 0.6 is 23.2 Å². The van der Waals surface area contributed by atoms with Crippen molar-refractivity contribution in [2.45, 2.75) is 117 Å². The second kappa shape index (κ2) is 34.1. The first-order valence-corrected chi connectivity index (χ1v) is 37.5. The number of nitrogens with zero attached hydrogens (tertiary/aromatic N) is 8. The van der Waals surface area contributed by atoms with Gasteiger partial charge in [0.2, 0.25) is 10.0 Å². The molecule has 21 nitrogen and oxygen atoms in total. The number of urea groups is 1. The molecule has 6 aliphatic rings. The molecule has 2 aliphatic carbocycles. The van der Waals surface area contributed by atoms with E-state index >= 15 is 0 Å². The van der Waals surface area contributed by atoms with E-state index in [0.717, 1.165) is 126 Å². The molecule has 4 saturated heterocycles. The molecule has 0 saturated carbocycles. The number of amides is 2. The van der Waals surface area contributed by atoms with E-state index in [9.17, 15) is 31.7 Å². The molecule has 10 rings (SSSR count). The average molecular weight is 1370 g/mol. The molecule has 4 aromatic carbocycles. The van der Waals surface area contributed by atoms with Gasteiger partial charge in [-0.3, -0.25) is 19.5 Å². The Labute approximate surface area is 566 Å². The van der Waals surface area contributed by atoms with E-state index in [4.69, 9.17) is 48.7 Å². The average Bonchev–Trinajstić information content (AvgIpc) is 1.62. The van der Waals surface area contributed by atoms with Crippen molar-refractivity contribution in [3.63, 3.8) is 0 Å². The minimum atomic E-state index is -3.80. The number of Topliss-reactive ketones (excluding diaryl/α,β-unsaturated/α-hetero) is 1. The number of unbranched alkanes of at least 4 members (excludes halogenated alkanes) is 2. The fourth-order valence-corrected chi connectivity index (χ4v) is 17.6. The monoisotopic (exact) mass is 1370 g/mol. The third-order valence-electron chi connectivity index (χ3n) is 19.4. The van der Waals surface area contributed by atoms with Crippen LogP contribution in [0.1, 0.15) is 104 Å². The van der Waals surface area contributed by atoms with Gasteiger partial charge in [-0.15, -0.1) is 0 Å². The summed E-state index contributed by atoms with van der Waals surface area (Å²) in [6.07, 6.45) is 8.07. The van der Waals surface area contributed by atoms with Gasteiger partial charge in [-0.25, -0.2) is 31.2 Å². The number of likely N-dealkylation sites (tertiary alicyclic amines) is 2. The number of hydrogen-bond acceptors (Lipinski definition) is 17. The lowest BCUT2D eigenvalue weighted by Crippen LogP contribution is -2.42. The minimum Gasteiger partial charge on any atom is -0.484 e. The number of carbonyl (C=O) groups is 2. The number of halogens is 2. The number of nitriles is 1. The number of carbonyl (C=O) groups excluding carboxylic acids is 2. The number of nitrogens with one attached hydrogen (secondary N) is 3. The summed E-state index contributed by atoms with van der Waals surface area (Å²) in [7, 11) is -3.08. The van der Waals surface area contributed by atoms with Crippen LogP contribution in [0.5, 0.6) is 11.5 Å². The van der Waals surface area contributed by atoms with Crippen molar-refractivity contribution in [3.8, 4) is 17.6 Å². The van der Waals surface area contributed by atoms with Crippen LogP contribution in [-0.2, 0) is 47.0 Å². The van der Waals surface area contributed by atoms with Crippen molar-refractivity contribution in [3.05, 3.63) is 122 Å². The Kier molecular flexibility index (Phi) is 25.9. The molecule has 0 bridgehead atoms. The zero-order valence-corrected chi connectivity index (χ0v) is 57.6. The van der Waals surface area contributed by atoms with Crippen LogP contribution in [0.3, 0.4) is 0 Å². The molecule has 0 unspecified atom stereocenters. The van der Waals surface area contributed by atoms with Crippen LogP contribution in [0.15, 0.2) is 82.6 Å². The lowest BCUT2D eigenvalue weighted by molar-refractivity contribution is -0.119. The van der Waals surface area contributed by atoms with Crippen molar-refractivity contribution in [1.82, 2.24) is 44.8 Å². The maximum absolute atomic E-state index is 13.7. The van der Waals surface area contributed by atoms with Gasteiger partial charge in [0.15, 0.2) is 15.5 Å². The summed E-state index contributed by atoms with van der Waals surface area (Å²) in [5, 5.41) is 16.6. The molecular weight excluding hydrogens is 1280 g/mol. The van der Waals surface area contributed by atoms with Crippen LogP contribution in [0.2, 0.25) is 10.0 Å². The molecule has 25 heteroatoms. The molecule has 4 heterocycles. The lowest BCUT2D eigenvalue weighted by Gasteiger charge is -2.32. The summed E-state index contributed by atoms with van der Waals surface area (Å²) in [6.45, 7) is 22.1. The quantitative estimate of drug-likeness (QED) is 0.0319. The van der Waals surface area contributed by atoms with Gasteiger partial charge in [0, 0.05) is 101 Å². The highest BCUT2D eigenvalue weighted by Crippen LogP contribution is 2.45. The Morgan fingerprint density at radius 2 is 1.21 bits per heavy atom. The molecule has 0 aromatic heterocycles. The first-order valence-electron chi connectivity index (χ1n) is 33.6. The van der Waals surface area contributed by atoms with E-state index in [1.807, 2.05) is 12.1 Å². The Morgan fingerprint density at radius 1 is 0.638 bits per heavy atom. The van der Waals surface area contributed by atoms with E-state index < -0.39 is 19.9 Å². The third kappa shape index (κ3) is 19.6. The van der Waals surface area contributed by atoms with Gasteiger partial charge in [-0.2, -0.15) is 5.26 Å². The largest absolute Gasteiger partial charge is 0.484 e. The molecule has 94 heavy (non-hydrogen) atoms. The van der Waals surface area contributed by atoms with Gasteiger partial charge in [-0.1, -0.05) is 29.6 Å². The molecule has 510 valence electrons. The highest BCUT2D eigenvalue weighted by molar-refractivity contribution is 7.91. The first kappa shape index (κ1) is 71.3. The molecular formula is C69H93Cl2N11O10S2. The number of hydrogen-bond donors (Lipinski definition) is 3. The van der Waals surface area contributed by atoms with Gasteiger partial charge < -0.3 is 44.3 Å².